The highest BCUT2D eigenvalue weighted by molar-refractivity contribution is 6.09. The average Bonchev–Trinajstić information content (AvgIpc) is 3.25. The lowest BCUT2D eigenvalue weighted by atomic mass is 9.96. The van der Waals surface area contributed by atoms with Gasteiger partial charge in [0, 0.05) is 28.2 Å². The van der Waals surface area contributed by atoms with E-state index in [9.17, 15) is 9.59 Å². The number of nitrogens with two attached hydrogens (primary N) is 1. The Balaban J connectivity index is 1.77. The van der Waals surface area contributed by atoms with Gasteiger partial charge >= 0.3 is 0 Å². The zero-order valence-corrected chi connectivity index (χ0v) is 20.3. The number of allylic oxidation sites excluding steroid dienone is 1. The summed E-state index contributed by atoms with van der Waals surface area (Å²) in [5, 5.41) is 3.70. The number of anilines is 1. The van der Waals surface area contributed by atoms with Crippen molar-refractivity contribution in [2.45, 2.75) is 27.7 Å². The predicted octanol–water partition coefficient (Wildman–Crippen LogP) is 6.26. The van der Waals surface area contributed by atoms with Gasteiger partial charge in [-0.15, -0.1) is 0 Å². The van der Waals surface area contributed by atoms with E-state index in [1.165, 1.54) is 11.6 Å². The number of hydrogen-bond donors (Lipinski definition) is 2. The van der Waals surface area contributed by atoms with Gasteiger partial charge in [0.05, 0.1) is 24.1 Å². The Bertz CT molecular complexity index is 1450. The third-order valence-corrected chi connectivity index (χ3v) is 5.92. The lowest BCUT2D eigenvalue weighted by Crippen LogP contribution is -2.17. The number of hydrogen-bond acceptors (Lipinski definition) is 4. The fourth-order valence-electron chi connectivity index (χ4n) is 4.15. The van der Waals surface area contributed by atoms with Crippen molar-refractivity contribution in [3.8, 4) is 16.9 Å². The lowest BCUT2D eigenvalue weighted by molar-refractivity contribution is -0.111. The Hall–Kier alpha value is -4.32. The van der Waals surface area contributed by atoms with Crippen LogP contribution in [0.5, 0.6) is 5.75 Å². The quantitative estimate of drug-likeness (QED) is 0.313. The van der Waals surface area contributed by atoms with E-state index < -0.39 is 5.91 Å². The van der Waals surface area contributed by atoms with Crippen molar-refractivity contribution in [1.82, 2.24) is 0 Å². The number of nitrogens with one attached hydrogen (secondary N) is 1. The molecule has 2 amide bonds. The molecule has 6 nitrogen and oxygen atoms in total. The second-order valence-electron chi connectivity index (χ2n) is 8.43. The number of furan rings is 1. The highest BCUT2D eigenvalue weighted by Crippen LogP contribution is 2.40. The van der Waals surface area contributed by atoms with E-state index in [-0.39, 0.29) is 11.5 Å². The molecule has 0 bridgehead atoms. The van der Waals surface area contributed by atoms with Gasteiger partial charge in [0.25, 0.3) is 5.91 Å². The molecular weight excluding hydrogens is 440 g/mol. The summed E-state index contributed by atoms with van der Waals surface area (Å²) in [5.74, 6) is -0.309. The van der Waals surface area contributed by atoms with Crippen molar-refractivity contribution < 1.29 is 18.7 Å². The highest BCUT2D eigenvalue weighted by atomic mass is 16.5. The van der Waals surface area contributed by atoms with Gasteiger partial charge in [-0.2, -0.15) is 0 Å². The summed E-state index contributed by atoms with van der Waals surface area (Å²) >= 11 is 0. The SMILES string of the molecule is CCOc1c(/C(C)=C/C(=O)Nc2ccccc2C(N)=O)cc2c(-c3ccc(C)cc3)coc2c1C. The van der Waals surface area contributed by atoms with Gasteiger partial charge in [-0.1, -0.05) is 42.0 Å². The van der Waals surface area contributed by atoms with E-state index in [1.54, 1.807) is 30.5 Å². The minimum Gasteiger partial charge on any atom is -0.493 e. The Morgan fingerprint density at radius 3 is 2.46 bits per heavy atom. The number of primary amides is 1. The molecule has 178 valence electrons. The molecule has 6 heteroatoms. The van der Waals surface area contributed by atoms with Crippen molar-refractivity contribution in [3.05, 3.63) is 89.2 Å². The maximum atomic E-state index is 12.9. The number of para-hydroxylation sites is 1. The van der Waals surface area contributed by atoms with Gasteiger partial charge in [-0.05, 0) is 57.0 Å². The van der Waals surface area contributed by atoms with E-state index in [1.807, 2.05) is 26.8 Å². The van der Waals surface area contributed by atoms with E-state index in [2.05, 4.69) is 36.5 Å². The number of rotatable bonds is 7. The molecule has 1 heterocycles. The van der Waals surface area contributed by atoms with Gasteiger partial charge in [-0.25, -0.2) is 0 Å². The Kier molecular flexibility index (Phi) is 6.73. The van der Waals surface area contributed by atoms with Gasteiger partial charge in [0.15, 0.2) is 0 Å². The van der Waals surface area contributed by atoms with Gasteiger partial charge in [0.1, 0.15) is 11.3 Å². The summed E-state index contributed by atoms with van der Waals surface area (Å²) in [6.45, 7) is 8.25. The molecule has 0 radical (unpaired) electrons. The first-order valence-electron chi connectivity index (χ1n) is 11.4. The van der Waals surface area contributed by atoms with Crippen LogP contribution in [0, 0.1) is 13.8 Å². The molecule has 0 saturated heterocycles. The van der Waals surface area contributed by atoms with Crippen molar-refractivity contribution in [3.63, 3.8) is 0 Å². The monoisotopic (exact) mass is 468 g/mol. The van der Waals surface area contributed by atoms with Crippen LogP contribution in [0.2, 0.25) is 0 Å². The highest BCUT2D eigenvalue weighted by Gasteiger charge is 2.19. The minimum atomic E-state index is -0.607. The predicted molar refractivity (Wildman–Crippen MR) is 140 cm³/mol. The largest absolute Gasteiger partial charge is 0.493 e. The number of carbonyl (C=O) groups is 2. The summed E-state index contributed by atoms with van der Waals surface area (Å²) in [5.41, 5.74) is 12.4. The number of aryl methyl sites for hydroxylation is 2. The fourth-order valence-corrected chi connectivity index (χ4v) is 4.15. The fraction of sp³-hybridized carbons (Fsp3) is 0.172. The number of benzene rings is 3. The molecule has 4 aromatic rings. The molecular formula is C29H28N2O4. The summed E-state index contributed by atoms with van der Waals surface area (Å²) in [4.78, 5) is 24.6. The maximum absolute atomic E-state index is 12.9. The summed E-state index contributed by atoms with van der Waals surface area (Å²) in [6.07, 6.45) is 3.25. The second kappa shape index (κ2) is 9.89. The second-order valence-corrected chi connectivity index (χ2v) is 8.43. The average molecular weight is 469 g/mol. The molecule has 0 atom stereocenters. The molecule has 0 aliphatic carbocycles. The Morgan fingerprint density at radius 2 is 1.77 bits per heavy atom. The van der Waals surface area contributed by atoms with Crippen molar-refractivity contribution >= 4 is 34.0 Å². The first kappa shape index (κ1) is 23.8. The van der Waals surface area contributed by atoms with Crippen LogP contribution in [0.3, 0.4) is 0 Å². The van der Waals surface area contributed by atoms with Crippen LogP contribution in [-0.2, 0) is 4.79 Å². The normalized spacial score (nSPS) is 11.5. The molecule has 0 spiro atoms. The van der Waals surface area contributed by atoms with Crippen LogP contribution in [0.1, 0.15) is 40.9 Å². The van der Waals surface area contributed by atoms with E-state index >= 15 is 0 Å². The number of amides is 2. The standard InChI is InChI=1S/C29H28N2O4/c1-5-34-27-19(4)28-23(24(16-35-28)20-12-10-17(2)11-13-20)15-22(27)18(3)14-26(32)31-25-9-7-6-8-21(25)29(30)33/h6-16H,5H2,1-4H3,(H2,30,33)(H,31,32)/b18-14+. The molecule has 1 aromatic heterocycles. The van der Waals surface area contributed by atoms with E-state index in [0.29, 0.717) is 23.6 Å². The Morgan fingerprint density at radius 1 is 1.06 bits per heavy atom. The molecule has 0 fully saturated rings. The number of carbonyl (C=O) groups excluding carboxylic acids is 2. The molecule has 0 aliphatic heterocycles. The number of fused-ring (bicyclic) bond motifs is 1. The van der Waals surface area contributed by atoms with Gasteiger partial charge in [-0.3, -0.25) is 9.59 Å². The zero-order chi connectivity index (χ0) is 25.1. The zero-order valence-electron chi connectivity index (χ0n) is 20.3. The third kappa shape index (κ3) is 4.82. The van der Waals surface area contributed by atoms with Gasteiger partial charge < -0.3 is 20.2 Å². The smallest absolute Gasteiger partial charge is 0.250 e. The van der Waals surface area contributed by atoms with Crippen LogP contribution in [-0.4, -0.2) is 18.4 Å². The molecule has 3 N–H and O–H groups in total. The molecule has 3 aromatic carbocycles. The van der Waals surface area contributed by atoms with Crippen molar-refractivity contribution in [1.29, 1.82) is 0 Å². The van der Waals surface area contributed by atoms with E-state index in [4.69, 9.17) is 14.9 Å². The first-order chi connectivity index (χ1) is 16.8. The molecule has 35 heavy (non-hydrogen) atoms. The van der Waals surface area contributed by atoms with Crippen molar-refractivity contribution in [2.24, 2.45) is 5.73 Å². The Labute approximate surface area is 204 Å². The van der Waals surface area contributed by atoms with Crippen LogP contribution >= 0.6 is 0 Å². The van der Waals surface area contributed by atoms with Gasteiger partial charge in [0.2, 0.25) is 5.91 Å². The topological polar surface area (TPSA) is 94.6 Å². The van der Waals surface area contributed by atoms with Crippen LogP contribution in [0.15, 0.2) is 71.4 Å². The molecule has 0 unspecified atom stereocenters. The summed E-state index contributed by atoms with van der Waals surface area (Å²) in [6, 6.07) is 16.9. The molecule has 0 aliphatic rings. The molecule has 4 rings (SSSR count). The third-order valence-electron chi connectivity index (χ3n) is 5.92. The van der Waals surface area contributed by atoms with Crippen molar-refractivity contribution in [2.75, 3.05) is 11.9 Å². The minimum absolute atomic E-state index is 0.250. The first-order valence-corrected chi connectivity index (χ1v) is 11.4. The van der Waals surface area contributed by atoms with Crippen LogP contribution < -0.4 is 15.8 Å². The summed E-state index contributed by atoms with van der Waals surface area (Å²) in [7, 11) is 0. The summed E-state index contributed by atoms with van der Waals surface area (Å²) < 4.78 is 11.9. The maximum Gasteiger partial charge on any atom is 0.250 e. The number of ether oxygens (including phenoxy) is 1. The molecule has 0 saturated carbocycles. The van der Waals surface area contributed by atoms with Crippen LogP contribution in [0.25, 0.3) is 27.7 Å². The lowest BCUT2D eigenvalue weighted by Gasteiger charge is -2.15. The van der Waals surface area contributed by atoms with E-state index in [0.717, 1.165) is 33.2 Å². The van der Waals surface area contributed by atoms with Crippen LogP contribution in [0.4, 0.5) is 5.69 Å².